The predicted octanol–water partition coefficient (Wildman–Crippen LogP) is 3.50. The summed E-state index contributed by atoms with van der Waals surface area (Å²) in [5, 5.41) is 29.5. The van der Waals surface area contributed by atoms with E-state index in [4.69, 9.17) is 4.74 Å². The van der Waals surface area contributed by atoms with Crippen LogP contribution in [0.25, 0.3) is 11.0 Å². The van der Waals surface area contributed by atoms with E-state index in [1.165, 1.54) is 0 Å². The van der Waals surface area contributed by atoms with E-state index in [2.05, 4.69) is 40.3 Å². The highest BCUT2D eigenvalue weighted by molar-refractivity contribution is 5.80. The highest BCUT2D eigenvalue weighted by atomic mass is 16.5. The molecule has 1 aromatic heterocycles. The first kappa shape index (κ1) is 26.8. The third-order valence-corrected chi connectivity index (χ3v) is 7.24. The molecule has 4 aromatic rings. The van der Waals surface area contributed by atoms with Crippen molar-refractivity contribution in [1.29, 1.82) is 5.26 Å². The molecule has 9 nitrogen and oxygen atoms in total. The van der Waals surface area contributed by atoms with Crippen molar-refractivity contribution < 1.29 is 14.6 Å². The first-order valence-electron chi connectivity index (χ1n) is 12.3. The summed E-state index contributed by atoms with van der Waals surface area (Å²) in [7, 11) is 1.84. The van der Waals surface area contributed by atoms with Gasteiger partial charge in [-0.15, -0.1) is 5.10 Å². The number of benzene rings is 3. The van der Waals surface area contributed by atoms with Gasteiger partial charge >= 0.3 is 0 Å². The highest BCUT2D eigenvalue weighted by Gasteiger charge is 2.22. The minimum absolute atomic E-state index is 0. The van der Waals surface area contributed by atoms with Gasteiger partial charge in [0.1, 0.15) is 17.9 Å². The van der Waals surface area contributed by atoms with Crippen molar-refractivity contribution in [2.24, 2.45) is 7.05 Å². The number of ether oxygens (including phenoxy) is 1. The van der Waals surface area contributed by atoms with Crippen LogP contribution in [-0.2, 0) is 24.9 Å². The van der Waals surface area contributed by atoms with Gasteiger partial charge in [0.2, 0.25) is 0 Å². The summed E-state index contributed by atoms with van der Waals surface area (Å²) in [4.78, 5) is 14.1. The molecular weight excluding hydrogens is 480 g/mol. The molecule has 5 rings (SSSR count). The number of carbonyl (C=O) groups is 1. The van der Waals surface area contributed by atoms with Gasteiger partial charge in [-0.2, -0.15) is 5.26 Å². The number of fused-ring (bicyclic) bond motifs is 2. The van der Waals surface area contributed by atoms with Gasteiger partial charge in [0, 0.05) is 44.1 Å². The fraction of sp³-hybridized carbons (Fsp3) is 0.310. The Morgan fingerprint density at radius 1 is 1.18 bits per heavy atom. The van der Waals surface area contributed by atoms with Crippen molar-refractivity contribution in [1.82, 2.24) is 26.0 Å². The molecule has 0 radical (unpaired) electrons. The summed E-state index contributed by atoms with van der Waals surface area (Å²) in [6.45, 7) is 6.68. The Morgan fingerprint density at radius 3 is 2.76 bits per heavy atom. The van der Waals surface area contributed by atoms with Crippen LogP contribution in [0.2, 0.25) is 0 Å². The zero-order valence-corrected chi connectivity index (χ0v) is 22.2. The van der Waals surface area contributed by atoms with E-state index in [0.717, 1.165) is 56.7 Å². The number of aromatic nitrogens is 3. The average molecular weight is 513 g/mol. The molecule has 4 N–H and O–H groups in total. The van der Waals surface area contributed by atoms with Crippen LogP contribution in [0.1, 0.15) is 51.3 Å². The molecule has 3 aromatic carbocycles. The van der Waals surface area contributed by atoms with Gasteiger partial charge in [0.05, 0.1) is 17.1 Å². The second-order valence-electron chi connectivity index (χ2n) is 9.67. The van der Waals surface area contributed by atoms with Crippen molar-refractivity contribution >= 4 is 17.0 Å². The number of carboxylic acid groups (broad SMARTS) is 1. The second-order valence-corrected chi connectivity index (χ2v) is 9.67. The fourth-order valence-electron chi connectivity index (χ4n) is 5.17. The van der Waals surface area contributed by atoms with Gasteiger partial charge < -0.3 is 20.8 Å². The number of hydrogen-bond donors (Lipinski definition) is 1. The Hall–Kier alpha value is -4.26. The highest BCUT2D eigenvalue weighted by Crippen LogP contribution is 2.34. The fourth-order valence-corrected chi connectivity index (χ4v) is 5.17. The lowest BCUT2D eigenvalue weighted by Crippen LogP contribution is -2.26. The molecule has 0 aliphatic carbocycles. The number of hydrogen-bond acceptors (Lipinski definition) is 7. The quantitative estimate of drug-likeness (QED) is 0.416. The van der Waals surface area contributed by atoms with Crippen molar-refractivity contribution in [2.45, 2.75) is 39.3 Å². The lowest BCUT2D eigenvalue weighted by Gasteiger charge is -2.24. The molecule has 38 heavy (non-hydrogen) atoms. The van der Waals surface area contributed by atoms with Gasteiger partial charge in [-0.05, 0) is 72.4 Å². The van der Waals surface area contributed by atoms with Crippen molar-refractivity contribution in [3.63, 3.8) is 0 Å². The van der Waals surface area contributed by atoms with E-state index >= 15 is 0 Å². The predicted molar refractivity (Wildman–Crippen MR) is 143 cm³/mol. The summed E-state index contributed by atoms with van der Waals surface area (Å²) >= 11 is 0. The molecule has 0 saturated carbocycles. The average Bonchev–Trinajstić information content (AvgIpc) is 3.14. The molecule has 196 valence electrons. The number of nitriles is 1. The van der Waals surface area contributed by atoms with Crippen LogP contribution in [0.4, 0.5) is 0 Å². The van der Waals surface area contributed by atoms with E-state index in [0.29, 0.717) is 25.3 Å². The van der Waals surface area contributed by atoms with E-state index in [9.17, 15) is 15.2 Å². The molecule has 9 heteroatoms. The third-order valence-electron chi connectivity index (χ3n) is 7.24. The van der Waals surface area contributed by atoms with E-state index in [1.54, 1.807) is 10.7 Å². The maximum Gasteiger partial charge on any atom is 0.123 e. The second kappa shape index (κ2) is 11.0. The zero-order valence-electron chi connectivity index (χ0n) is 22.2. The molecular formula is C29H32N6O3. The summed E-state index contributed by atoms with van der Waals surface area (Å²) in [5.41, 5.74) is 8.30. The molecule has 0 amide bonds. The summed E-state index contributed by atoms with van der Waals surface area (Å²) in [6, 6.07) is 17.8. The maximum atomic E-state index is 11.8. The third kappa shape index (κ3) is 5.23. The lowest BCUT2D eigenvalue weighted by atomic mass is 9.84. The molecule has 1 atom stereocenters. The molecule has 2 heterocycles. The zero-order chi connectivity index (χ0) is 26.1. The van der Waals surface area contributed by atoms with Crippen LogP contribution in [0, 0.1) is 25.2 Å². The lowest BCUT2D eigenvalue weighted by molar-refractivity contribution is -0.306. The number of aryl methyl sites for hydroxylation is 3. The van der Waals surface area contributed by atoms with Gasteiger partial charge in [-0.25, -0.2) is 4.68 Å². The van der Waals surface area contributed by atoms with Gasteiger partial charge in [-0.1, -0.05) is 29.5 Å². The molecule has 0 spiro atoms. The summed E-state index contributed by atoms with van der Waals surface area (Å²) in [6.07, 6.45) is -0.128. The van der Waals surface area contributed by atoms with Crippen LogP contribution < -0.4 is 16.0 Å². The Balaban J connectivity index is 0.00000336. The molecule has 1 unspecified atom stereocenters. The first-order valence-corrected chi connectivity index (χ1v) is 12.3. The van der Waals surface area contributed by atoms with Crippen molar-refractivity contribution in [3.05, 3.63) is 87.5 Å². The van der Waals surface area contributed by atoms with E-state index in [-0.39, 0.29) is 18.5 Å². The Kier molecular flexibility index (Phi) is 7.76. The van der Waals surface area contributed by atoms with Crippen molar-refractivity contribution in [3.8, 4) is 11.8 Å². The Bertz CT molecular complexity index is 1540. The molecule has 0 saturated heterocycles. The molecule has 0 fully saturated rings. The van der Waals surface area contributed by atoms with Crippen LogP contribution in [0.3, 0.4) is 0 Å². The first-order chi connectivity index (χ1) is 17.8. The summed E-state index contributed by atoms with van der Waals surface area (Å²) < 4.78 is 7.64. The van der Waals surface area contributed by atoms with Crippen LogP contribution in [-0.4, -0.2) is 39.0 Å². The topological polar surface area (TPSA) is 144 Å². The number of aliphatic carboxylic acids is 1. The molecule has 0 bridgehead atoms. The number of carboxylic acids is 1. The number of rotatable bonds is 6. The smallest absolute Gasteiger partial charge is 0.123 e. The minimum atomic E-state index is -1.10. The largest absolute Gasteiger partial charge is 0.550 e. The van der Waals surface area contributed by atoms with E-state index in [1.807, 2.05) is 44.3 Å². The van der Waals surface area contributed by atoms with Gasteiger partial charge in [0.25, 0.3) is 0 Å². The normalized spacial score (nSPS) is 14.1. The number of quaternary nitrogens is 1. The molecule has 1 aliphatic rings. The minimum Gasteiger partial charge on any atom is -0.550 e. The van der Waals surface area contributed by atoms with E-state index < -0.39 is 5.97 Å². The van der Waals surface area contributed by atoms with Crippen LogP contribution in [0.15, 0.2) is 48.5 Å². The Morgan fingerprint density at radius 2 is 2.00 bits per heavy atom. The Labute approximate surface area is 221 Å². The van der Waals surface area contributed by atoms with Crippen molar-refractivity contribution in [2.75, 3.05) is 13.2 Å². The molecule has 1 aliphatic heterocycles. The standard InChI is InChI=1S/C29H29N5O3.H3N/c1-18-4-6-21(25(14-28(35)36)24-7-8-26-29(19(24)2)31-32-33(26)3)13-22(18)16-34-10-11-37-27-9-5-20(15-30)12-23(27)17-34;/h4-9,12-13,25H,10-11,14,16-17H2,1-3H3,(H,35,36);1H3. The monoisotopic (exact) mass is 512 g/mol. The van der Waals surface area contributed by atoms with Gasteiger partial charge in [0.15, 0.2) is 0 Å². The van der Waals surface area contributed by atoms with Gasteiger partial charge in [-0.3, -0.25) is 4.90 Å². The maximum absolute atomic E-state index is 11.8. The number of carbonyl (C=O) groups excluding carboxylic acids is 1. The van der Waals surface area contributed by atoms with Crippen LogP contribution in [0.5, 0.6) is 5.75 Å². The van der Waals surface area contributed by atoms with Crippen LogP contribution >= 0.6 is 0 Å². The SMILES string of the molecule is Cc1ccc(C(CC(=O)[O-])c2ccc3c(nnn3C)c2C)cc1CN1CCOc2ccc(C#N)cc2C1.[NH4+]. The number of nitrogens with zero attached hydrogens (tertiary/aromatic N) is 5. The summed E-state index contributed by atoms with van der Waals surface area (Å²) in [5.74, 6) is -0.654.